The molecule has 116 valence electrons. The maximum atomic E-state index is 12.2. The van der Waals surface area contributed by atoms with Gasteiger partial charge in [-0.15, -0.1) is 0 Å². The molecular weight excluding hydrogens is 313 g/mol. The largest absolute Gasteiger partial charge is 0.465 e. The van der Waals surface area contributed by atoms with Crippen LogP contribution >= 0.6 is 23.2 Å². The van der Waals surface area contributed by atoms with Crippen LogP contribution in [-0.2, 0) is 14.3 Å². The SMILES string of the molecule is CCOC(=O)C(NCC1CCCO1)c1cccc(Cl)c1Cl. The number of carbonyl (C=O) groups is 1. The first-order valence-corrected chi connectivity index (χ1v) is 7.84. The minimum atomic E-state index is -0.639. The highest BCUT2D eigenvalue weighted by Crippen LogP contribution is 2.30. The van der Waals surface area contributed by atoms with Crippen LogP contribution in [-0.4, -0.2) is 31.8 Å². The molecule has 21 heavy (non-hydrogen) atoms. The zero-order chi connectivity index (χ0) is 15.2. The number of hydrogen-bond donors (Lipinski definition) is 1. The lowest BCUT2D eigenvalue weighted by molar-refractivity contribution is -0.146. The van der Waals surface area contributed by atoms with Gasteiger partial charge in [-0.25, -0.2) is 4.79 Å². The normalized spacial score (nSPS) is 19.5. The smallest absolute Gasteiger partial charge is 0.327 e. The second-order valence-electron chi connectivity index (χ2n) is 4.87. The van der Waals surface area contributed by atoms with Gasteiger partial charge in [0.25, 0.3) is 0 Å². The molecule has 0 aliphatic carbocycles. The van der Waals surface area contributed by atoms with Crippen LogP contribution in [0.15, 0.2) is 18.2 Å². The van der Waals surface area contributed by atoms with Crippen molar-refractivity contribution in [2.75, 3.05) is 19.8 Å². The summed E-state index contributed by atoms with van der Waals surface area (Å²) in [5.74, 6) is -0.361. The third-order valence-electron chi connectivity index (χ3n) is 3.39. The van der Waals surface area contributed by atoms with Gasteiger partial charge in [0.05, 0.1) is 22.8 Å². The summed E-state index contributed by atoms with van der Waals surface area (Å²) in [5.41, 5.74) is 0.626. The molecule has 0 spiro atoms. The molecule has 1 N–H and O–H groups in total. The molecule has 6 heteroatoms. The van der Waals surface area contributed by atoms with E-state index in [1.165, 1.54) is 0 Å². The van der Waals surface area contributed by atoms with E-state index in [0.717, 1.165) is 19.4 Å². The lowest BCUT2D eigenvalue weighted by Gasteiger charge is -2.21. The summed E-state index contributed by atoms with van der Waals surface area (Å²) in [7, 11) is 0. The number of rotatable bonds is 6. The van der Waals surface area contributed by atoms with Crippen molar-refractivity contribution in [3.63, 3.8) is 0 Å². The summed E-state index contributed by atoms with van der Waals surface area (Å²) in [5, 5.41) is 3.98. The molecule has 1 saturated heterocycles. The van der Waals surface area contributed by atoms with Gasteiger partial charge in [-0.05, 0) is 25.8 Å². The molecule has 2 atom stereocenters. The Hall–Kier alpha value is -0.810. The Kier molecular flexibility index (Phi) is 6.30. The van der Waals surface area contributed by atoms with E-state index in [9.17, 15) is 4.79 Å². The summed E-state index contributed by atoms with van der Waals surface area (Å²) in [6.07, 6.45) is 2.17. The Labute approximate surface area is 134 Å². The first kappa shape index (κ1) is 16.6. The Morgan fingerprint density at radius 1 is 1.52 bits per heavy atom. The van der Waals surface area contributed by atoms with E-state index in [-0.39, 0.29) is 12.1 Å². The van der Waals surface area contributed by atoms with Crippen LogP contribution in [0.1, 0.15) is 31.4 Å². The summed E-state index contributed by atoms with van der Waals surface area (Å²) in [4.78, 5) is 12.2. The molecule has 0 aromatic heterocycles. The molecule has 1 fully saturated rings. The van der Waals surface area contributed by atoms with E-state index in [1.807, 2.05) is 0 Å². The van der Waals surface area contributed by atoms with Crippen molar-refractivity contribution >= 4 is 29.2 Å². The fourth-order valence-electron chi connectivity index (χ4n) is 2.34. The quantitative estimate of drug-likeness (QED) is 0.812. The van der Waals surface area contributed by atoms with E-state index >= 15 is 0 Å². The van der Waals surface area contributed by atoms with Gasteiger partial charge in [0.1, 0.15) is 6.04 Å². The fourth-order valence-corrected chi connectivity index (χ4v) is 2.76. The van der Waals surface area contributed by atoms with Crippen LogP contribution in [0.25, 0.3) is 0 Å². The van der Waals surface area contributed by atoms with E-state index in [2.05, 4.69) is 5.32 Å². The van der Waals surface area contributed by atoms with Crippen LogP contribution in [0.2, 0.25) is 10.0 Å². The van der Waals surface area contributed by atoms with E-state index in [0.29, 0.717) is 28.8 Å². The molecule has 0 bridgehead atoms. The van der Waals surface area contributed by atoms with Gasteiger partial charge in [0, 0.05) is 18.7 Å². The summed E-state index contributed by atoms with van der Waals surface area (Å²) in [6, 6.07) is 4.60. The molecule has 4 nitrogen and oxygen atoms in total. The zero-order valence-corrected chi connectivity index (χ0v) is 13.4. The van der Waals surface area contributed by atoms with Crippen LogP contribution in [0.3, 0.4) is 0 Å². The molecule has 1 aromatic carbocycles. The minimum absolute atomic E-state index is 0.125. The van der Waals surface area contributed by atoms with E-state index in [1.54, 1.807) is 25.1 Å². The zero-order valence-electron chi connectivity index (χ0n) is 11.9. The van der Waals surface area contributed by atoms with Crippen LogP contribution in [0, 0.1) is 0 Å². The molecule has 1 aromatic rings. The van der Waals surface area contributed by atoms with E-state index in [4.69, 9.17) is 32.7 Å². The molecule has 0 radical (unpaired) electrons. The maximum Gasteiger partial charge on any atom is 0.327 e. The van der Waals surface area contributed by atoms with Crippen molar-refractivity contribution in [3.05, 3.63) is 33.8 Å². The predicted molar refractivity (Wildman–Crippen MR) is 82.8 cm³/mol. The molecule has 2 unspecified atom stereocenters. The molecule has 2 rings (SSSR count). The van der Waals surface area contributed by atoms with Gasteiger partial charge in [-0.1, -0.05) is 35.3 Å². The molecule has 0 saturated carbocycles. The molecule has 1 aliphatic rings. The number of nitrogens with one attached hydrogen (secondary N) is 1. The number of hydrogen-bond acceptors (Lipinski definition) is 4. The first-order chi connectivity index (χ1) is 10.1. The highest BCUT2D eigenvalue weighted by Gasteiger charge is 2.26. The maximum absolute atomic E-state index is 12.2. The minimum Gasteiger partial charge on any atom is -0.465 e. The second kappa shape index (κ2) is 7.99. The Bertz CT molecular complexity index is 490. The van der Waals surface area contributed by atoms with Crippen molar-refractivity contribution in [2.24, 2.45) is 0 Å². The van der Waals surface area contributed by atoms with Crippen LogP contribution < -0.4 is 5.32 Å². The van der Waals surface area contributed by atoms with Gasteiger partial charge in [0.2, 0.25) is 0 Å². The molecule has 1 aliphatic heterocycles. The summed E-state index contributed by atoms with van der Waals surface area (Å²) >= 11 is 12.2. The van der Waals surface area contributed by atoms with Crippen LogP contribution in [0.4, 0.5) is 0 Å². The van der Waals surface area contributed by atoms with Gasteiger partial charge < -0.3 is 9.47 Å². The number of esters is 1. The Morgan fingerprint density at radius 2 is 2.33 bits per heavy atom. The van der Waals surface area contributed by atoms with Gasteiger partial charge >= 0.3 is 5.97 Å². The van der Waals surface area contributed by atoms with Crippen molar-refractivity contribution in [2.45, 2.75) is 31.9 Å². The lowest BCUT2D eigenvalue weighted by Crippen LogP contribution is -2.35. The highest BCUT2D eigenvalue weighted by molar-refractivity contribution is 6.42. The lowest BCUT2D eigenvalue weighted by atomic mass is 10.1. The van der Waals surface area contributed by atoms with Crippen molar-refractivity contribution in [1.29, 1.82) is 0 Å². The average Bonchev–Trinajstić information content (AvgIpc) is 2.97. The third kappa shape index (κ3) is 4.33. The molecule has 1 heterocycles. The Balaban J connectivity index is 2.14. The van der Waals surface area contributed by atoms with Crippen molar-refractivity contribution < 1.29 is 14.3 Å². The summed E-state index contributed by atoms with van der Waals surface area (Å²) in [6.45, 7) is 3.43. The topological polar surface area (TPSA) is 47.6 Å². The number of halogens is 2. The van der Waals surface area contributed by atoms with Crippen molar-refractivity contribution in [3.8, 4) is 0 Å². The number of carbonyl (C=O) groups excluding carboxylic acids is 1. The monoisotopic (exact) mass is 331 g/mol. The predicted octanol–water partition coefficient (Wildman–Crippen LogP) is 3.37. The van der Waals surface area contributed by atoms with E-state index < -0.39 is 6.04 Å². The number of ether oxygens (including phenoxy) is 2. The van der Waals surface area contributed by atoms with Crippen LogP contribution in [0.5, 0.6) is 0 Å². The molecule has 0 amide bonds. The highest BCUT2D eigenvalue weighted by atomic mass is 35.5. The van der Waals surface area contributed by atoms with Gasteiger partial charge in [0.15, 0.2) is 0 Å². The standard InChI is InChI=1S/C15H19Cl2NO3/c1-2-20-15(19)14(18-9-10-5-4-8-21-10)11-6-3-7-12(16)13(11)17/h3,6-7,10,14,18H,2,4-5,8-9H2,1H3. The number of benzene rings is 1. The second-order valence-corrected chi connectivity index (χ2v) is 5.66. The first-order valence-electron chi connectivity index (χ1n) is 7.09. The average molecular weight is 332 g/mol. The fraction of sp³-hybridized carbons (Fsp3) is 0.533. The van der Waals surface area contributed by atoms with Gasteiger partial charge in [-0.2, -0.15) is 0 Å². The van der Waals surface area contributed by atoms with Gasteiger partial charge in [-0.3, -0.25) is 5.32 Å². The van der Waals surface area contributed by atoms with Crippen molar-refractivity contribution in [1.82, 2.24) is 5.32 Å². The third-order valence-corrected chi connectivity index (χ3v) is 4.22. The molecular formula is C15H19Cl2NO3. The summed E-state index contributed by atoms with van der Waals surface area (Å²) < 4.78 is 10.7. The Morgan fingerprint density at radius 3 is 3.00 bits per heavy atom.